The van der Waals surface area contributed by atoms with E-state index >= 15 is 0 Å². The molecule has 35 heavy (non-hydrogen) atoms. The zero-order valence-corrected chi connectivity index (χ0v) is 19.6. The Hall–Kier alpha value is -4.11. The van der Waals surface area contributed by atoms with Crippen LogP contribution < -0.4 is 20.4 Å². The van der Waals surface area contributed by atoms with Crippen LogP contribution in [0, 0.1) is 6.92 Å². The number of amides is 1. The van der Waals surface area contributed by atoms with E-state index in [9.17, 15) is 4.79 Å². The van der Waals surface area contributed by atoms with Crippen molar-refractivity contribution < 1.29 is 19.0 Å². The molecule has 1 aliphatic rings. The van der Waals surface area contributed by atoms with Crippen LogP contribution in [0.15, 0.2) is 71.8 Å². The van der Waals surface area contributed by atoms with Gasteiger partial charge in [0.15, 0.2) is 5.82 Å². The summed E-state index contributed by atoms with van der Waals surface area (Å²) in [5, 5.41) is 6.99. The van der Waals surface area contributed by atoms with Crippen LogP contribution in [0.1, 0.15) is 11.1 Å². The number of aryl methyl sites for hydroxylation is 1. The third kappa shape index (κ3) is 7.72. The van der Waals surface area contributed by atoms with E-state index in [1.165, 1.54) is 0 Å². The van der Waals surface area contributed by atoms with Gasteiger partial charge in [-0.25, -0.2) is 4.79 Å². The van der Waals surface area contributed by atoms with E-state index in [0.29, 0.717) is 30.6 Å². The maximum Gasteiger partial charge on any atom is 0.411 e. The van der Waals surface area contributed by atoms with Crippen LogP contribution in [-0.2, 0) is 9.47 Å². The lowest BCUT2D eigenvalue weighted by molar-refractivity contribution is 0.122. The van der Waals surface area contributed by atoms with Crippen LogP contribution in [0.4, 0.5) is 22.0 Å². The molecule has 3 aromatic rings. The fourth-order valence-corrected chi connectivity index (χ4v) is 3.51. The molecule has 0 saturated carbocycles. The van der Waals surface area contributed by atoms with E-state index in [1.54, 1.807) is 18.3 Å². The molecule has 1 fully saturated rings. The van der Waals surface area contributed by atoms with E-state index < -0.39 is 6.09 Å². The Labute approximate surface area is 204 Å². The second kappa shape index (κ2) is 12.4. The molecule has 182 valence electrons. The number of ether oxygens (including phenoxy) is 3. The van der Waals surface area contributed by atoms with Crippen molar-refractivity contribution >= 4 is 29.5 Å². The summed E-state index contributed by atoms with van der Waals surface area (Å²) in [5.74, 6) is 0.963. The number of hydrogen-bond acceptors (Lipinski definition) is 8. The highest BCUT2D eigenvalue weighted by atomic mass is 16.6. The second-order valence-electron chi connectivity index (χ2n) is 7.91. The number of aromatic nitrogens is 1. The summed E-state index contributed by atoms with van der Waals surface area (Å²) in [7, 11) is 0. The first-order chi connectivity index (χ1) is 17.2. The fourth-order valence-electron chi connectivity index (χ4n) is 3.51. The molecule has 0 unspecified atom stereocenters. The Morgan fingerprint density at radius 1 is 1.09 bits per heavy atom. The number of nitrogens with one attached hydrogen (secondary N) is 2. The molecule has 0 aliphatic carbocycles. The number of anilines is 3. The maximum absolute atomic E-state index is 11.9. The van der Waals surface area contributed by atoms with Crippen LogP contribution in [0.5, 0.6) is 5.88 Å². The maximum atomic E-state index is 11.9. The van der Waals surface area contributed by atoms with Crippen molar-refractivity contribution in [2.24, 2.45) is 5.10 Å². The molecule has 9 heteroatoms. The predicted octanol–water partition coefficient (Wildman–Crippen LogP) is 4.30. The molecule has 0 radical (unpaired) electrons. The van der Waals surface area contributed by atoms with Crippen molar-refractivity contribution in [2.75, 3.05) is 55.2 Å². The highest BCUT2D eigenvalue weighted by molar-refractivity contribution is 5.84. The van der Waals surface area contributed by atoms with E-state index in [4.69, 9.17) is 14.2 Å². The van der Waals surface area contributed by atoms with Gasteiger partial charge in [-0.05, 0) is 24.6 Å². The van der Waals surface area contributed by atoms with Gasteiger partial charge in [-0.1, -0.05) is 48.0 Å². The minimum Gasteiger partial charge on any atom is -0.474 e. The Morgan fingerprint density at radius 2 is 1.91 bits per heavy atom. The van der Waals surface area contributed by atoms with Gasteiger partial charge in [0.1, 0.15) is 13.2 Å². The van der Waals surface area contributed by atoms with Crippen LogP contribution in [-0.4, -0.2) is 56.8 Å². The number of pyridine rings is 1. The smallest absolute Gasteiger partial charge is 0.411 e. The number of hydrazone groups is 1. The fraction of sp³-hybridized carbons (Fsp3) is 0.269. The first-order valence-electron chi connectivity index (χ1n) is 11.5. The summed E-state index contributed by atoms with van der Waals surface area (Å²) in [4.78, 5) is 18.7. The first kappa shape index (κ1) is 24.0. The van der Waals surface area contributed by atoms with Crippen LogP contribution >= 0.6 is 0 Å². The Balaban J connectivity index is 1.36. The lowest BCUT2D eigenvalue weighted by Crippen LogP contribution is -2.36. The average molecular weight is 476 g/mol. The molecule has 0 bridgehead atoms. The van der Waals surface area contributed by atoms with E-state index in [0.717, 1.165) is 29.9 Å². The van der Waals surface area contributed by atoms with Crippen LogP contribution in [0.25, 0.3) is 0 Å². The molecule has 1 aromatic heterocycles. The Morgan fingerprint density at radius 3 is 2.71 bits per heavy atom. The number of rotatable bonds is 9. The van der Waals surface area contributed by atoms with Crippen molar-refractivity contribution in [1.29, 1.82) is 0 Å². The molecular formula is C26H29N5O4. The van der Waals surface area contributed by atoms with Gasteiger partial charge in [0.25, 0.3) is 0 Å². The Bertz CT molecular complexity index is 1130. The number of hydrogen-bond donors (Lipinski definition) is 2. The van der Waals surface area contributed by atoms with E-state index in [-0.39, 0.29) is 13.2 Å². The van der Waals surface area contributed by atoms with Gasteiger partial charge in [-0.2, -0.15) is 10.1 Å². The lowest BCUT2D eigenvalue weighted by atomic mass is 10.2. The number of nitrogens with zero attached hydrogens (tertiary/aromatic N) is 3. The summed E-state index contributed by atoms with van der Waals surface area (Å²) in [6, 6.07) is 21.0. The molecule has 2 aromatic carbocycles. The molecule has 0 spiro atoms. The highest BCUT2D eigenvalue weighted by Gasteiger charge is 2.14. The molecule has 2 heterocycles. The van der Waals surface area contributed by atoms with Crippen molar-refractivity contribution in [3.63, 3.8) is 0 Å². The number of carbonyl (C=O) groups is 1. The lowest BCUT2D eigenvalue weighted by Gasteiger charge is -2.29. The summed E-state index contributed by atoms with van der Waals surface area (Å²) in [6.45, 7) is 5.16. The van der Waals surface area contributed by atoms with Gasteiger partial charge in [-0.15, -0.1) is 0 Å². The molecule has 2 N–H and O–H groups in total. The van der Waals surface area contributed by atoms with E-state index in [1.807, 2.05) is 61.5 Å². The summed E-state index contributed by atoms with van der Waals surface area (Å²) in [6.07, 6.45) is 1.21. The molecule has 9 nitrogen and oxygen atoms in total. The average Bonchev–Trinajstić information content (AvgIpc) is 2.88. The van der Waals surface area contributed by atoms with Gasteiger partial charge < -0.3 is 19.1 Å². The number of morpholine rings is 1. The minimum atomic E-state index is -0.539. The second-order valence-corrected chi connectivity index (χ2v) is 7.91. The number of para-hydroxylation sites is 1. The molecule has 1 amide bonds. The third-order valence-corrected chi connectivity index (χ3v) is 5.18. The predicted molar refractivity (Wildman–Crippen MR) is 137 cm³/mol. The first-order valence-corrected chi connectivity index (χ1v) is 11.5. The molecule has 0 atom stereocenters. The number of carbonyl (C=O) groups excluding carboxylic acids is 1. The number of benzene rings is 2. The SMILES string of the molecule is Cc1cccc(/C=N/Nc2cc(N3CCOCC3)cc(OCCOC(=O)Nc3ccccc3)n2)c1. The van der Waals surface area contributed by atoms with Gasteiger partial charge in [0, 0.05) is 36.6 Å². The quantitative estimate of drug-likeness (QED) is 0.271. The summed E-state index contributed by atoms with van der Waals surface area (Å²) >= 11 is 0. The Kier molecular flexibility index (Phi) is 8.50. The standard InChI is InChI=1S/C26H29N5O4/c1-20-6-5-7-21(16-20)19-27-30-24-17-23(31-10-12-33-13-11-31)18-25(29-24)34-14-15-35-26(32)28-22-8-3-2-4-9-22/h2-9,16-19H,10-15H2,1H3,(H,28,32)(H,29,30)/b27-19+. The van der Waals surface area contributed by atoms with Gasteiger partial charge >= 0.3 is 6.09 Å². The van der Waals surface area contributed by atoms with E-state index in [2.05, 4.69) is 25.7 Å². The normalized spacial score (nSPS) is 13.5. The molecule has 1 saturated heterocycles. The van der Waals surface area contributed by atoms with Crippen LogP contribution in [0.3, 0.4) is 0 Å². The third-order valence-electron chi connectivity index (χ3n) is 5.18. The zero-order valence-electron chi connectivity index (χ0n) is 19.6. The molecular weight excluding hydrogens is 446 g/mol. The summed E-state index contributed by atoms with van der Waals surface area (Å²) < 4.78 is 16.5. The van der Waals surface area contributed by atoms with Gasteiger partial charge in [0.2, 0.25) is 5.88 Å². The topological polar surface area (TPSA) is 97.3 Å². The summed E-state index contributed by atoms with van der Waals surface area (Å²) in [5.41, 5.74) is 6.77. The van der Waals surface area contributed by atoms with Crippen molar-refractivity contribution in [3.8, 4) is 5.88 Å². The molecule has 1 aliphatic heterocycles. The zero-order chi connectivity index (χ0) is 24.3. The monoisotopic (exact) mass is 475 g/mol. The highest BCUT2D eigenvalue weighted by Crippen LogP contribution is 2.25. The van der Waals surface area contributed by atoms with Crippen LogP contribution in [0.2, 0.25) is 0 Å². The molecule has 4 rings (SSSR count). The van der Waals surface area contributed by atoms with Crippen molar-refractivity contribution in [1.82, 2.24) is 4.98 Å². The van der Waals surface area contributed by atoms with Crippen molar-refractivity contribution in [2.45, 2.75) is 6.92 Å². The van der Waals surface area contributed by atoms with Gasteiger partial charge in [-0.3, -0.25) is 10.7 Å². The van der Waals surface area contributed by atoms with Crippen molar-refractivity contribution in [3.05, 3.63) is 77.9 Å². The minimum absolute atomic E-state index is 0.0798. The van der Waals surface area contributed by atoms with Gasteiger partial charge in [0.05, 0.1) is 19.4 Å². The largest absolute Gasteiger partial charge is 0.474 e.